The van der Waals surface area contributed by atoms with E-state index in [-0.39, 0.29) is 0 Å². The minimum absolute atomic E-state index is 0.621. The van der Waals surface area contributed by atoms with Gasteiger partial charge in [0.05, 0.1) is 5.52 Å². The Kier molecular flexibility index (Phi) is 2.77. The second-order valence-electron chi connectivity index (χ2n) is 3.56. The Morgan fingerprint density at radius 2 is 2.20 bits per heavy atom. The van der Waals surface area contributed by atoms with Crippen LogP contribution in [0.25, 0.3) is 10.9 Å². The van der Waals surface area contributed by atoms with Crippen molar-refractivity contribution in [3.63, 3.8) is 0 Å². The Labute approximate surface area is 101 Å². The molecule has 0 fully saturated rings. The quantitative estimate of drug-likeness (QED) is 0.677. The minimum atomic E-state index is -2.50. The highest BCUT2D eigenvalue weighted by Crippen LogP contribution is 2.39. The van der Waals surface area contributed by atoms with Gasteiger partial charge in [0.15, 0.2) is 0 Å². The van der Waals surface area contributed by atoms with Crippen LogP contribution in [0, 0.1) is 3.70 Å². The summed E-state index contributed by atoms with van der Waals surface area (Å²) in [4.78, 5) is 0. The molecule has 0 radical (unpaired) electrons. The molecule has 4 nitrogen and oxygen atoms in total. The molecule has 0 aliphatic rings. The molecule has 15 heavy (non-hydrogen) atoms. The van der Waals surface area contributed by atoms with E-state index in [1.807, 2.05) is 12.1 Å². The summed E-state index contributed by atoms with van der Waals surface area (Å²) in [5.41, 5.74) is 0.883. The van der Waals surface area contributed by atoms with E-state index in [0.29, 0.717) is 5.75 Å². The van der Waals surface area contributed by atoms with Gasteiger partial charge in [0, 0.05) is 18.7 Å². The molecule has 6 heteroatoms. The van der Waals surface area contributed by atoms with Gasteiger partial charge in [0.25, 0.3) is 0 Å². The summed E-state index contributed by atoms with van der Waals surface area (Å²) in [5.74, 6) is 0.621. The fourth-order valence-electron chi connectivity index (χ4n) is 1.27. The van der Waals surface area contributed by atoms with E-state index in [1.165, 1.54) is 0 Å². The van der Waals surface area contributed by atoms with Gasteiger partial charge in [-0.25, -0.2) is 0 Å². The molecular weight excluding hydrogens is 326 g/mol. The summed E-state index contributed by atoms with van der Waals surface area (Å²) in [6.45, 7) is 3.19. The third kappa shape index (κ3) is 2.52. The van der Waals surface area contributed by atoms with E-state index in [4.69, 9.17) is 4.52 Å². The third-order valence-corrected chi connectivity index (χ3v) is 3.28. The van der Waals surface area contributed by atoms with Crippen LogP contribution in [0.1, 0.15) is 0 Å². The summed E-state index contributed by atoms with van der Waals surface area (Å²) < 4.78 is 17.8. The van der Waals surface area contributed by atoms with E-state index in [1.54, 1.807) is 19.4 Å². The number of H-pyrrole nitrogens is 1. The Morgan fingerprint density at radius 1 is 1.47 bits per heavy atom. The van der Waals surface area contributed by atoms with Crippen LogP contribution in [0.4, 0.5) is 0 Å². The first-order valence-corrected chi connectivity index (χ1v) is 7.94. The molecule has 2 aromatic rings. The monoisotopic (exact) mass is 336 g/mol. The standard InChI is InChI=1S/C9H10IN2O2P/c1-15(2,13)14-6-3-4-8-7(5-6)9(10)12-11-8/h3-5H,1-2H3,(H,11,12). The van der Waals surface area contributed by atoms with Crippen LogP contribution in [-0.4, -0.2) is 23.5 Å². The molecule has 1 N–H and O–H groups in total. The summed E-state index contributed by atoms with van der Waals surface area (Å²) in [7, 11) is -2.50. The van der Waals surface area contributed by atoms with Gasteiger partial charge in [0.2, 0.25) is 7.37 Å². The first-order valence-electron chi connectivity index (χ1n) is 4.34. The average molecular weight is 336 g/mol. The Morgan fingerprint density at radius 3 is 2.87 bits per heavy atom. The Balaban J connectivity index is 2.46. The predicted molar refractivity (Wildman–Crippen MR) is 68.9 cm³/mol. The largest absolute Gasteiger partial charge is 0.443 e. The zero-order valence-corrected chi connectivity index (χ0v) is 11.4. The van der Waals surface area contributed by atoms with Crippen LogP contribution in [0.2, 0.25) is 0 Å². The summed E-state index contributed by atoms with van der Waals surface area (Å²) >= 11 is 2.16. The Hall–Kier alpha value is -0.550. The molecule has 0 aliphatic carbocycles. The lowest BCUT2D eigenvalue weighted by molar-refractivity contribution is 0.494. The van der Waals surface area contributed by atoms with Gasteiger partial charge in [-0.05, 0) is 40.8 Å². The number of aromatic amines is 1. The predicted octanol–water partition coefficient (Wildman–Crippen LogP) is 3.08. The molecule has 80 valence electrons. The number of hydrogen-bond acceptors (Lipinski definition) is 3. The van der Waals surface area contributed by atoms with E-state index >= 15 is 0 Å². The molecule has 1 heterocycles. The van der Waals surface area contributed by atoms with Gasteiger partial charge in [-0.1, -0.05) is 0 Å². The molecule has 0 saturated carbocycles. The van der Waals surface area contributed by atoms with Gasteiger partial charge in [-0.15, -0.1) is 0 Å². The van der Waals surface area contributed by atoms with Crippen molar-refractivity contribution in [3.05, 3.63) is 21.9 Å². The molecule has 0 bridgehead atoms. The second-order valence-corrected chi connectivity index (χ2v) is 7.33. The van der Waals surface area contributed by atoms with Crippen molar-refractivity contribution in [1.82, 2.24) is 10.2 Å². The lowest BCUT2D eigenvalue weighted by atomic mass is 10.2. The molecular formula is C9H10IN2O2P. The highest BCUT2D eigenvalue weighted by molar-refractivity contribution is 14.1. The number of benzene rings is 1. The van der Waals surface area contributed by atoms with Crippen molar-refractivity contribution in [2.24, 2.45) is 0 Å². The van der Waals surface area contributed by atoms with Crippen molar-refractivity contribution in [3.8, 4) is 5.75 Å². The van der Waals surface area contributed by atoms with Gasteiger partial charge >= 0.3 is 0 Å². The highest BCUT2D eigenvalue weighted by atomic mass is 127. The van der Waals surface area contributed by atoms with Crippen molar-refractivity contribution in [2.45, 2.75) is 0 Å². The first-order chi connectivity index (χ1) is 6.96. The van der Waals surface area contributed by atoms with Crippen LogP contribution in [0.15, 0.2) is 18.2 Å². The Bertz CT molecular complexity index is 546. The van der Waals surface area contributed by atoms with E-state index < -0.39 is 7.37 Å². The minimum Gasteiger partial charge on any atom is -0.443 e. The van der Waals surface area contributed by atoms with Crippen LogP contribution >= 0.6 is 30.0 Å². The molecule has 0 unspecified atom stereocenters. The number of hydrogen-bond donors (Lipinski definition) is 1. The van der Waals surface area contributed by atoms with E-state index in [9.17, 15) is 4.57 Å². The number of aromatic nitrogens is 2. The van der Waals surface area contributed by atoms with E-state index in [0.717, 1.165) is 14.6 Å². The van der Waals surface area contributed by atoms with Gasteiger partial charge in [0.1, 0.15) is 9.45 Å². The van der Waals surface area contributed by atoms with Crippen LogP contribution < -0.4 is 4.52 Å². The molecule has 0 spiro atoms. The SMILES string of the molecule is CP(C)(=O)Oc1ccc2n[nH]c(I)c2c1. The molecule has 0 saturated heterocycles. The number of fused-ring (bicyclic) bond motifs is 1. The molecule has 1 aromatic heterocycles. The molecule has 2 rings (SSSR count). The van der Waals surface area contributed by atoms with Crippen LogP contribution in [0.3, 0.4) is 0 Å². The molecule has 0 amide bonds. The average Bonchev–Trinajstić information content (AvgIpc) is 2.45. The van der Waals surface area contributed by atoms with Crippen LogP contribution in [0.5, 0.6) is 5.75 Å². The lowest BCUT2D eigenvalue weighted by Gasteiger charge is -2.09. The zero-order chi connectivity index (χ0) is 11.1. The summed E-state index contributed by atoms with van der Waals surface area (Å²) in [6.07, 6.45) is 0. The maximum Gasteiger partial charge on any atom is 0.242 e. The van der Waals surface area contributed by atoms with Crippen molar-refractivity contribution >= 4 is 40.9 Å². The van der Waals surface area contributed by atoms with Gasteiger partial charge in [-0.3, -0.25) is 9.66 Å². The summed E-state index contributed by atoms with van der Waals surface area (Å²) in [5, 5.41) is 7.96. The van der Waals surface area contributed by atoms with Gasteiger partial charge in [-0.2, -0.15) is 5.10 Å². The number of halogens is 1. The number of nitrogens with one attached hydrogen (secondary N) is 1. The number of nitrogens with zero attached hydrogens (tertiary/aromatic N) is 1. The maximum absolute atomic E-state index is 11.5. The zero-order valence-electron chi connectivity index (χ0n) is 8.32. The lowest BCUT2D eigenvalue weighted by Crippen LogP contribution is -1.88. The van der Waals surface area contributed by atoms with Crippen LogP contribution in [-0.2, 0) is 4.57 Å². The first kappa shape index (κ1) is 11.0. The molecule has 0 aliphatic heterocycles. The highest BCUT2D eigenvalue weighted by Gasteiger charge is 2.10. The molecule has 1 aromatic carbocycles. The summed E-state index contributed by atoms with van der Waals surface area (Å²) in [6, 6.07) is 5.47. The van der Waals surface area contributed by atoms with Gasteiger partial charge < -0.3 is 4.52 Å². The topological polar surface area (TPSA) is 55.0 Å². The van der Waals surface area contributed by atoms with E-state index in [2.05, 4.69) is 32.8 Å². The normalized spacial score (nSPS) is 11.9. The second kappa shape index (κ2) is 3.79. The third-order valence-electron chi connectivity index (χ3n) is 1.80. The number of rotatable bonds is 2. The fourth-order valence-corrected chi connectivity index (χ4v) is 2.44. The van der Waals surface area contributed by atoms with Crippen molar-refractivity contribution in [2.75, 3.05) is 13.3 Å². The fraction of sp³-hybridized carbons (Fsp3) is 0.222. The van der Waals surface area contributed by atoms with Crippen molar-refractivity contribution < 1.29 is 9.09 Å². The maximum atomic E-state index is 11.5. The molecule has 0 atom stereocenters. The smallest absolute Gasteiger partial charge is 0.242 e. The van der Waals surface area contributed by atoms with Crippen molar-refractivity contribution in [1.29, 1.82) is 0 Å².